The lowest BCUT2D eigenvalue weighted by atomic mass is 10.3. The summed E-state index contributed by atoms with van der Waals surface area (Å²) in [6.45, 7) is 3.29. The molecule has 0 atom stereocenters. The van der Waals surface area contributed by atoms with E-state index in [1.54, 1.807) is 6.20 Å². The number of amidine groups is 1. The maximum absolute atomic E-state index is 8.70. The molecule has 0 spiro atoms. The summed E-state index contributed by atoms with van der Waals surface area (Å²) in [5, 5.41) is 16.0. The van der Waals surface area contributed by atoms with Crippen LogP contribution in [0.5, 0.6) is 5.75 Å². The number of nitrogens with one attached hydrogen (secondary N) is 1. The van der Waals surface area contributed by atoms with Gasteiger partial charge in [0.05, 0.1) is 6.20 Å². The first kappa shape index (κ1) is 15.9. The van der Waals surface area contributed by atoms with Crippen molar-refractivity contribution in [1.82, 2.24) is 15.1 Å². The van der Waals surface area contributed by atoms with Crippen molar-refractivity contribution in [2.45, 2.75) is 20.1 Å². The molecule has 1 N–H and O–H groups in total. The van der Waals surface area contributed by atoms with Gasteiger partial charge in [0.15, 0.2) is 11.4 Å². The number of thioether (sulfide) groups is 1. The van der Waals surface area contributed by atoms with Crippen LogP contribution in [-0.4, -0.2) is 21.2 Å². The van der Waals surface area contributed by atoms with Crippen molar-refractivity contribution in [1.29, 1.82) is 5.26 Å². The van der Waals surface area contributed by atoms with Crippen LogP contribution in [0.1, 0.15) is 12.5 Å². The molecule has 0 bridgehead atoms. The molecule has 1 heterocycles. The summed E-state index contributed by atoms with van der Waals surface area (Å²) in [4.78, 5) is 4.40. The zero-order chi connectivity index (χ0) is 15.8. The highest BCUT2D eigenvalue weighted by Gasteiger charge is 2.05. The number of ether oxygens (including phenoxy) is 1. The number of hydrogen-bond acceptors (Lipinski definition) is 5. The molecule has 2 aromatic rings. The minimum absolute atomic E-state index is 0.423. The summed E-state index contributed by atoms with van der Waals surface area (Å²) in [5.74, 6) is 0.665. The van der Waals surface area contributed by atoms with Gasteiger partial charge in [0.25, 0.3) is 0 Å². The first-order valence-corrected chi connectivity index (χ1v) is 8.00. The number of nitriles is 1. The van der Waals surface area contributed by atoms with E-state index in [0.717, 1.165) is 12.1 Å². The van der Waals surface area contributed by atoms with E-state index in [9.17, 15) is 0 Å². The molecule has 0 fully saturated rings. The normalized spacial score (nSPS) is 11.0. The predicted molar refractivity (Wildman–Crippen MR) is 88.0 cm³/mol. The summed E-state index contributed by atoms with van der Waals surface area (Å²) in [5.41, 5.74) is 1.68. The van der Waals surface area contributed by atoms with Gasteiger partial charge in [-0.25, -0.2) is 4.99 Å². The Morgan fingerprint density at radius 1 is 1.50 bits per heavy atom. The second kappa shape index (κ2) is 8.10. The number of benzene rings is 1. The zero-order valence-corrected chi connectivity index (χ0v) is 13.3. The summed E-state index contributed by atoms with van der Waals surface area (Å²) in [6, 6.07) is 7.47. The molecule has 2 rings (SSSR count). The van der Waals surface area contributed by atoms with E-state index in [1.807, 2.05) is 54.5 Å². The molecule has 22 heavy (non-hydrogen) atoms. The van der Waals surface area contributed by atoms with E-state index >= 15 is 0 Å². The fourth-order valence-corrected chi connectivity index (χ4v) is 2.11. The lowest BCUT2D eigenvalue weighted by Gasteiger charge is -2.08. The summed E-state index contributed by atoms with van der Waals surface area (Å²) < 4.78 is 7.68. The van der Waals surface area contributed by atoms with Crippen molar-refractivity contribution in [2.24, 2.45) is 4.99 Å². The standard InChI is InChI=1S/C15H17N5OS/c1-3-20-9-12(8-18-20)10-21-14-7-5-4-6-13(14)19-15(22-2)17-11-16/h4-9H,3,10H2,1-2H3,(H,17,19). The van der Waals surface area contributed by atoms with Gasteiger partial charge in [0.1, 0.15) is 18.0 Å². The quantitative estimate of drug-likeness (QED) is 0.397. The number of para-hydroxylation sites is 2. The van der Waals surface area contributed by atoms with Gasteiger partial charge in [0.2, 0.25) is 0 Å². The van der Waals surface area contributed by atoms with Crippen LogP contribution in [0.3, 0.4) is 0 Å². The third-order valence-corrected chi connectivity index (χ3v) is 3.43. The van der Waals surface area contributed by atoms with Crippen LogP contribution in [0.15, 0.2) is 41.7 Å². The Hall–Kier alpha value is -2.46. The Morgan fingerprint density at radius 2 is 2.32 bits per heavy atom. The number of aryl methyl sites for hydroxylation is 1. The molecular formula is C15H17N5OS. The van der Waals surface area contributed by atoms with Gasteiger partial charge in [-0.2, -0.15) is 10.4 Å². The Bertz CT molecular complexity index is 689. The van der Waals surface area contributed by atoms with E-state index in [2.05, 4.69) is 15.4 Å². The Kier molecular flexibility index (Phi) is 5.86. The maximum atomic E-state index is 8.70. The van der Waals surface area contributed by atoms with Gasteiger partial charge in [0, 0.05) is 18.3 Å². The molecule has 0 aliphatic heterocycles. The summed E-state index contributed by atoms with van der Waals surface area (Å²) in [6.07, 6.45) is 7.47. The average molecular weight is 315 g/mol. The fourth-order valence-electron chi connectivity index (χ4n) is 1.77. The smallest absolute Gasteiger partial charge is 0.183 e. The van der Waals surface area contributed by atoms with E-state index in [0.29, 0.717) is 23.2 Å². The minimum Gasteiger partial charge on any atom is -0.487 e. The lowest BCUT2D eigenvalue weighted by Crippen LogP contribution is -2.12. The van der Waals surface area contributed by atoms with Crippen LogP contribution in [-0.2, 0) is 13.2 Å². The zero-order valence-electron chi connectivity index (χ0n) is 12.5. The van der Waals surface area contributed by atoms with Crippen LogP contribution in [0.25, 0.3) is 0 Å². The minimum atomic E-state index is 0.423. The maximum Gasteiger partial charge on any atom is 0.183 e. The van der Waals surface area contributed by atoms with Crippen LogP contribution in [0.4, 0.5) is 5.69 Å². The van der Waals surface area contributed by atoms with E-state index in [4.69, 9.17) is 10.00 Å². The van der Waals surface area contributed by atoms with Gasteiger partial charge in [-0.05, 0) is 25.3 Å². The van der Waals surface area contributed by atoms with Crippen molar-refractivity contribution in [3.63, 3.8) is 0 Å². The monoisotopic (exact) mass is 315 g/mol. The summed E-state index contributed by atoms with van der Waals surface area (Å²) >= 11 is 1.37. The summed E-state index contributed by atoms with van der Waals surface area (Å²) in [7, 11) is 0. The Balaban J connectivity index is 2.12. The van der Waals surface area contributed by atoms with Gasteiger partial charge in [-0.3, -0.25) is 10.00 Å². The van der Waals surface area contributed by atoms with Crippen molar-refractivity contribution in [3.8, 4) is 11.9 Å². The number of hydrogen-bond donors (Lipinski definition) is 1. The van der Waals surface area contributed by atoms with Crippen LogP contribution < -0.4 is 10.1 Å². The SMILES string of the molecule is CCn1cc(COc2ccccc2N=C(NC#N)SC)cn1. The lowest BCUT2D eigenvalue weighted by molar-refractivity contribution is 0.307. The number of nitrogens with zero attached hydrogens (tertiary/aromatic N) is 4. The first-order valence-electron chi connectivity index (χ1n) is 6.77. The third-order valence-electron chi connectivity index (χ3n) is 2.85. The van der Waals surface area contributed by atoms with Crippen molar-refractivity contribution in [3.05, 3.63) is 42.2 Å². The highest BCUT2D eigenvalue weighted by atomic mass is 32.2. The fraction of sp³-hybridized carbons (Fsp3) is 0.267. The number of rotatable bonds is 5. The second-order valence-electron chi connectivity index (χ2n) is 4.32. The molecule has 0 amide bonds. The van der Waals surface area contributed by atoms with Crippen LogP contribution in [0, 0.1) is 11.5 Å². The molecule has 114 valence electrons. The molecule has 0 aliphatic rings. The van der Waals surface area contributed by atoms with Gasteiger partial charge >= 0.3 is 0 Å². The first-order chi connectivity index (χ1) is 10.8. The average Bonchev–Trinajstić information content (AvgIpc) is 3.01. The molecule has 6 nitrogen and oxygen atoms in total. The molecule has 1 aromatic carbocycles. The van der Waals surface area contributed by atoms with Crippen LogP contribution >= 0.6 is 11.8 Å². The van der Waals surface area contributed by atoms with Gasteiger partial charge in [-0.15, -0.1) is 0 Å². The molecular weight excluding hydrogens is 298 g/mol. The molecule has 7 heteroatoms. The highest BCUT2D eigenvalue weighted by molar-refractivity contribution is 8.13. The van der Waals surface area contributed by atoms with E-state index in [-0.39, 0.29) is 0 Å². The molecule has 0 saturated heterocycles. The van der Waals surface area contributed by atoms with E-state index < -0.39 is 0 Å². The highest BCUT2D eigenvalue weighted by Crippen LogP contribution is 2.28. The number of aliphatic imine (C=N–C) groups is 1. The largest absolute Gasteiger partial charge is 0.487 e. The molecule has 1 aromatic heterocycles. The predicted octanol–water partition coefficient (Wildman–Crippen LogP) is 2.90. The number of aromatic nitrogens is 2. The van der Waals surface area contributed by atoms with Crippen molar-refractivity contribution in [2.75, 3.05) is 6.26 Å². The van der Waals surface area contributed by atoms with Crippen LogP contribution in [0.2, 0.25) is 0 Å². The third kappa shape index (κ3) is 4.27. The molecule has 0 saturated carbocycles. The van der Waals surface area contributed by atoms with E-state index in [1.165, 1.54) is 11.8 Å². The van der Waals surface area contributed by atoms with Gasteiger partial charge in [-0.1, -0.05) is 23.9 Å². The van der Waals surface area contributed by atoms with Crippen molar-refractivity contribution < 1.29 is 4.74 Å². The Morgan fingerprint density at radius 3 is 3.00 bits per heavy atom. The molecule has 0 aliphatic carbocycles. The Labute approximate surface area is 133 Å². The topological polar surface area (TPSA) is 75.2 Å². The van der Waals surface area contributed by atoms with Gasteiger partial charge < -0.3 is 4.74 Å². The molecule has 0 unspecified atom stereocenters. The van der Waals surface area contributed by atoms with Crippen molar-refractivity contribution >= 4 is 22.6 Å². The second-order valence-corrected chi connectivity index (χ2v) is 5.11. The molecule has 0 radical (unpaired) electrons.